The van der Waals surface area contributed by atoms with Crippen LogP contribution in [0.15, 0.2) is 11.4 Å². The molecule has 0 unspecified atom stereocenters. The first kappa shape index (κ1) is 11.8. The Labute approximate surface area is 105 Å². The molecule has 0 radical (unpaired) electrons. The summed E-state index contributed by atoms with van der Waals surface area (Å²) in [5.41, 5.74) is 1.21. The number of H-pyrrole nitrogens is 1. The number of nitrogens with zero attached hydrogens (tertiary/aromatic N) is 3. The number of hydrogen-bond donors (Lipinski definition) is 0. The minimum absolute atomic E-state index is 0. The molecule has 2 rings (SSSR count). The van der Waals surface area contributed by atoms with E-state index in [0.717, 1.165) is 12.5 Å². The van der Waals surface area contributed by atoms with Crippen LogP contribution in [0, 0.1) is 0 Å². The zero-order valence-electron chi connectivity index (χ0n) is 8.41. The number of nitrogens with one attached hydrogen (secondary N) is 1. The highest BCUT2D eigenvalue weighted by molar-refractivity contribution is 7.98. The fourth-order valence-electron chi connectivity index (χ4n) is 1.62. The van der Waals surface area contributed by atoms with Gasteiger partial charge in [0.2, 0.25) is 0 Å². The maximum absolute atomic E-state index is 4.31. The van der Waals surface area contributed by atoms with Gasteiger partial charge in [-0.1, -0.05) is 11.8 Å². The topological polar surface area (TPSA) is 33.5 Å². The third kappa shape index (κ3) is 1.77. The number of anilines is 2. The maximum atomic E-state index is 4.31. The van der Waals surface area contributed by atoms with Gasteiger partial charge in [-0.25, -0.2) is 4.98 Å². The molecule has 1 aliphatic rings. The lowest BCUT2D eigenvalue weighted by Gasteiger charge is -2.10. The molecule has 0 aromatic carbocycles. The Morgan fingerprint density at radius 3 is 2.79 bits per heavy atom. The third-order valence-corrected chi connectivity index (χ3v) is 2.90. The second-order valence-corrected chi connectivity index (χ2v) is 3.96. The monoisotopic (exact) mass is 324 g/mol. The molecule has 0 saturated carbocycles. The lowest BCUT2D eigenvalue weighted by Crippen LogP contribution is -3.00. The molecule has 0 saturated heterocycles. The van der Waals surface area contributed by atoms with Crippen molar-refractivity contribution in [3.8, 4) is 0 Å². The molecule has 1 N–H and O–H groups in total. The van der Waals surface area contributed by atoms with Crippen LogP contribution in [0.5, 0.6) is 0 Å². The van der Waals surface area contributed by atoms with E-state index in [1.807, 2.05) is 0 Å². The van der Waals surface area contributed by atoms with Gasteiger partial charge in [0.1, 0.15) is 0 Å². The van der Waals surface area contributed by atoms with E-state index in [1.54, 1.807) is 18.1 Å². The van der Waals surface area contributed by atoms with E-state index >= 15 is 0 Å². The lowest BCUT2D eigenvalue weighted by molar-refractivity contribution is -0.429. The number of halogens is 1. The maximum Gasteiger partial charge on any atom is 0.287 e. The van der Waals surface area contributed by atoms with Crippen molar-refractivity contribution in [1.29, 1.82) is 0 Å². The van der Waals surface area contributed by atoms with Crippen molar-refractivity contribution in [3.05, 3.63) is 6.33 Å². The third-order valence-electron chi connectivity index (χ3n) is 2.18. The minimum atomic E-state index is 0. The first-order valence-electron chi connectivity index (χ1n) is 4.11. The molecule has 4 nitrogen and oxygen atoms in total. The van der Waals surface area contributed by atoms with E-state index in [1.165, 1.54) is 10.7 Å². The van der Waals surface area contributed by atoms with Crippen LogP contribution in [0.4, 0.5) is 11.5 Å². The van der Waals surface area contributed by atoms with Gasteiger partial charge in [-0.2, -0.15) is 0 Å². The zero-order chi connectivity index (χ0) is 9.42. The first-order valence-corrected chi connectivity index (χ1v) is 5.33. The molecule has 0 fully saturated rings. The van der Waals surface area contributed by atoms with Crippen molar-refractivity contribution in [2.24, 2.45) is 0 Å². The molecular formula is C8H13IN4S. The van der Waals surface area contributed by atoms with Gasteiger partial charge in [-0.05, 0) is 11.2 Å². The average Bonchev–Trinajstić information content (AvgIpc) is 2.43. The molecule has 14 heavy (non-hydrogen) atoms. The Kier molecular flexibility index (Phi) is 3.82. The second-order valence-electron chi connectivity index (χ2n) is 3.15. The van der Waals surface area contributed by atoms with Crippen molar-refractivity contribution < 1.29 is 29.0 Å². The van der Waals surface area contributed by atoms with Crippen LogP contribution >= 0.6 is 11.8 Å². The number of rotatable bonds is 1. The van der Waals surface area contributed by atoms with Gasteiger partial charge < -0.3 is 33.8 Å². The highest BCUT2D eigenvalue weighted by Gasteiger charge is 2.30. The molecule has 0 spiro atoms. The molecule has 6 heteroatoms. The van der Waals surface area contributed by atoms with Crippen molar-refractivity contribution in [3.63, 3.8) is 0 Å². The van der Waals surface area contributed by atoms with Gasteiger partial charge in [0.05, 0.1) is 6.67 Å². The highest BCUT2D eigenvalue weighted by Crippen LogP contribution is 2.36. The molecule has 1 aromatic heterocycles. The lowest BCUT2D eigenvalue weighted by atomic mass is 10.5. The SMILES string of the molecule is CSc1[nH+]cnc2c1N(C)CN2C.[I-]. The van der Waals surface area contributed by atoms with E-state index in [4.69, 9.17) is 0 Å². The Hall–Kier alpha value is -0.240. The molecule has 0 bridgehead atoms. The summed E-state index contributed by atoms with van der Waals surface area (Å²) < 4.78 is 0. The van der Waals surface area contributed by atoms with Crippen LogP contribution in [-0.4, -0.2) is 32.0 Å². The van der Waals surface area contributed by atoms with Crippen molar-refractivity contribution in [2.75, 3.05) is 36.8 Å². The molecule has 0 atom stereocenters. The Morgan fingerprint density at radius 1 is 1.43 bits per heavy atom. The summed E-state index contributed by atoms with van der Waals surface area (Å²) in [5, 5.41) is 1.18. The van der Waals surface area contributed by atoms with Gasteiger partial charge in [0.25, 0.3) is 12.1 Å². The molecule has 0 aliphatic carbocycles. The van der Waals surface area contributed by atoms with Crippen LogP contribution in [0.3, 0.4) is 0 Å². The van der Waals surface area contributed by atoms with Crippen LogP contribution in [0.1, 0.15) is 0 Å². The van der Waals surface area contributed by atoms with Crippen LogP contribution in [0.25, 0.3) is 0 Å². The summed E-state index contributed by atoms with van der Waals surface area (Å²) in [5.74, 6) is 1.06. The van der Waals surface area contributed by atoms with E-state index in [0.29, 0.717) is 0 Å². The summed E-state index contributed by atoms with van der Waals surface area (Å²) in [4.78, 5) is 11.8. The van der Waals surface area contributed by atoms with Gasteiger partial charge in [-0.15, -0.1) is 0 Å². The molecule has 2 heterocycles. The predicted molar refractivity (Wildman–Crippen MR) is 54.2 cm³/mol. The summed E-state index contributed by atoms with van der Waals surface area (Å²) in [6.45, 7) is 0.910. The zero-order valence-corrected chi connectivity index (χ0v) is 11.4. The van der Waals surface area contributed by atoms with Gasteiger partial charge in [-0.3, -0.25) is 0 Å². The molecular weight excluding hydrogens is 311 g/mol. The van der Waals surface area contributed by atoms with Gasteiger partial charge >= 0.3 is 0 Å². The summed E-state index contributed by atoms with van der Waals surface area (Å²) in [6.07, 6.45) is 3.82. The van der Waals surface area contributed by atoms with Crippen LogP contribution in [0.2, 0.25) is 0 Å². The van der Waals surface area contributed by atoms with E-state index in [2.05, 4.69) is 40.1 Å². The number of aromatic nitrogens is 2. The van der Waals surface area contributed by atoms with Crippen LogP contribution in [-0.2, 0) is 0 Å². The normalized spacial score (nSPS) is 13.9. The van der Waals surface area contributed by atoms with Crippen molar-refractivity contribution in [2.45, 2.75) is 5.03 Å². The van der Waals surface area contributed by atoms with E-state index in [-0.39, 0.29) is 24.0 Å². The largest absolute Gasteiger partial charge is 1.00 e. The number of aromatic amines is 1. The molecule has 1 aliphatic heterocycles. The fraction of sp³-hybridized carbons (Fsp3) is 0.500. The van der Waals surface area contributed by atoms with E-state index < -0.39 is 0 Å². The molecule has 78 valence electrons. The number of fused-ring (bicyclic) bond motifs is 1. The van der Waals surface area contributed by atoms with Gasteiger partial charge in [0.15, 0.2) is 10.7 Å². The molecule has 0 amide bonds. The minimum Gasteiger partial charge on any atom is -1.00 e. The predicted octanol–water partition coefficient (Wildman–Crippen LogP) is -2.53. The number of thioether (sulfide) groups is 1. The van der Waals surface area contributed by atoms with Gasteiger partial charge in [0, 0.05) is 14.1 Å². The Morgan fingerprint density at radius 2 is 2.14 bits per heavy atom. The standard InChI is InChI=1S/C8H12N4S.HI/c1-11-5-12(2)7-6(11)8(13-3)10-4-9-7;/h4H,5H2,1-3H3;1H. The highest BCUT2D eigenvalue weighted by atomic mass is 127. The summed E-state index contributed by atoms with van der Waals surface area (Å²) in [6, 6.07) is 0. The Bertz CT molecular complexity index is 333. The second kappa shape index (κ2) is 4.52. The number of hydrogen-bond acceptors (Lipinski definition) is 4. The fourth-order valence-corrected chi connectivity index (χ4v) is 2.23. The smallest absolute Gasteiger partial charge is 0.287 e. The first-order chi connectivity index (χ1) is 6.24. The van der Waals surface area contributed by atoms with E-state index in [9.17, 15) is 0 Å². The summed E-state index contributed by atoms with van der Waals surface area (Å²) >= 11 is 1.72. The summed E-state index contributed by atoms with van der Waals surface area (Å²) in [7, 11) is 4.14. The van der Waals surface area contributed by atoms with Crippen molar-refractivity contribution in [1.82, 2.24) is 4.98 Å². The van der Waals surface area contributed by atoms with Crippen molar-refractivity contribution >= 4 is 23.3 Å². The Balaban J connectivity index is 0.000000980. The average molecular weight is 324 g/mol. The van der Waals surface area contributed by atoms with Crippen LogP contribution < -0.4 is 38.8 Å². The quantitative estimate of drug-likeness (QED) is 0.324. The molecule has 1 aromatic rings.